The second-order valence-electron chi connectivity index (χ2n) is 6.85. The lowest BCUT2D eigenvalue weighted by Crippen LogP contribution is -2.39. The molecule has 3 N–H and O–H groups in total. The lowest BCUT2D eigenvalue weighted by Gasteiger charge is -2.40. The van der Waals surface area contributed by atoms with Gasteiger partial charge in [0.05, 0.1) is 6.10 Å². The molecule has 0 heterocycles. The fourth-order valence-corrected chi connectivity index (χ4v) is 4.41. The highest BCUT2D eigenvalue weighted by Crippen LogP contribution is 2.41. The van der Waals surface area contributed by atoms with Gasteiger partial charge in [-0.05, 0) is 62.2 Å². The molecule has 19 heavy (non-hydrogen) atoms. The van der Waals surface area contributed by atoms with Crippen molar-refractivity contribution in [3.8, 4) is 0 Å². The molecule has 0 amide bonds. The Kier molecular flexibility index (Phi) is 4.09. The zero-order valence-electron chi connectivity index (χ0n) is 11.7. The lowest BCUT2D eigenvalue weighted by atomic mass is 9.67. The molecule has 3 aliphatic rings. The Bertz CT molecular complexity index is 362. The van der Waals surface area contributed by atoms with E-state index in [2.05, 4.69) is 24.3 Å². The molecule has 2 heteroatoms. The molecule has 6 unspecified atom stereocenters. The highest BCUT2D eigenvalue weighted by molar-refractivity contribution is 5.15. The predicted octanol–water partition coefficient (Wildman–Crippen LogP) is 3.02. The maximum atomic E-state index is 10.7. The Balaban J connectivity index is 1.59. The van der Waals surface area contributed by atoms with E-state index >= 15 is 0 Å². The highest BCUT2D eigenvalue weighted by Gasteiger charge is 2.36. The number of aliphatic hydroxyl groups is 1. The summed E-state index contributed by atoms with van der Waals surface area (Å²) in [5.41, 5.74) is 6.07. The maximum absolute atomic E-state index is 10.7. The van der Waals surface area contributed by atoms with Gasteiger partial charge in [0.15, 0.2) is 0 Å². The van der Waals surface area contributed by atoms with Crippen LogP contribution in [0.5, 0.6) is 0 Å². The van der Waals surface area contributed by atoms with Gasteiger partial charge >= 0.3 is 0 Å². The lowest BCUT2D eigenvalue weighted by molar-refractivity contribution is 0.00462. The average Bonchev–Trinajstić information content (AvgIpc) is 2.46. The zero-order valence-corrected chi connectivity index (χ0v) is 11.7. The largest absolute Gasteiger partial charge is 0.393 e. The topological polar surface area (TPSA) is 46.2 Å². The van der Waals surface area contributed by atoms with E-state index < -0.39 is 0 Å². The van der Waals surface area contributed by atoms with E-state index in [0.29, 0.717) is 23.8 Å². The van der Waals surface area contributed by atoms with Crippen LogP contribution in [0.1, 0.15) is 44.9 Å². The molecule has 0 aromatic carbocycles. The molecule has 6 atom stereocenters. The zero-order chi connectivity index (χ0) is 13.2. The number of hydrogen-bond acceptors (Lipinski definition) is 2. The van der Waals surface area contributed by atoms with E-state index in [1.807, 2.05) is 0 Å². The van der Waals surface area contributed by atoms with E-state index in [9.17, 15) is 5.11 Å². The van der Waals surface area contributed by atoms with Crippen LogP contribution in [0, 0.1) is 23.7 Å². The van der Waals surface area contributed by atoms with Gasteiger partial charge in [-0.15, -0.1) is 0 Å². The second-order valence-corrected chi connectivity index (χ2v) is 6.85. The van der Waals surface area contributed by atoms with Crippen molar-refractivity contribution in [3.05, 3.63) is 24.3 Å². The fraction of sp³-hybridized carbons (Fsp3) is 0.765. The van der Waals surface area contributed by atoms with Crippen LogP contribution in [0.25, 0.3) is 0 Å². The third-order valence-electron chi connectivity index (χ3n) is 5.54. The summed E-state index contributed by atoms with van der Waals surface area (Å²) in [6.45, 7) is 0. The molecule has 0 spiro atoms. The molecule has 2 fully saturated rings. The quantitative estimate of drug-likeness (QED) is 0.802. The summed E-state index contributed by atoms with van der Waals surface area (Å²) in [5.74, 6) is 2.33. The molecule has 0 saturated heterocycles. The van der Waals surface area contributed by atoms with Crippen molar-refractivity contribution >= 4 is 0 Å². The van der Waals surface area contributed by atoms with Gasteiger partial charge in [-0.3, -0.25) is 0 Å². The van der Waals surface area contributed by atoms with Crippen molar-refractivity contribution in [1.29, 1.82) is 0 Å². The van der Waals surface area contributed by atoms with Crippen molar-refractivity contribution in [3.63, 3.8) is 0 Å². The average molecular weight is 261 g/mol. The van der Waals surface area contributed by atoms with Crippen LogP contribution in [-0.4, -0.2) is 17.3 Å². The fourth-order valence-electron chi connectivity index (χ4n) is 4.41. The molecule has 0 aromatic rings. The summed E-state index contributed by atoms with van der Waals surface area (Å²) in [7, 11) is 0. The molecule has 2 saturated carbocycles. The third-order valence-corrected chi connectivity index (χ3v) is 5.54. The van der Waals surface area contributed by atoms with Crippen LogP contribution in [-0.2, 0) is 0 Å². The Morgan fingerprint density at radius 2 is 1.63 bits per heavy atom. The van der Waals surface area contributed by atoms with Crippen molar-refractivity contribution < 1.29 is 5.11 Å². The minimum Gasteiger partial charge on any atom is -0.393 e. The van der Waals surface area contributed by atoms with Crippen LogP contribution in [0.3, 0.4) is 0 Å². The van der Waals surface area contributed by atoms with Gasteiger partial charge in [-0.2, -0.15) is 0 Å². The summed E-state index contributed by atoms with van der Waals surface area (Å²) in [4.78, 5) is 0. The summed E-state index contributed by atoms with van der Waals surface area (Å²) in [5, 5.41) is 10.7. The van der Waals surface area contributed by atoms with Gasteiger partial charge in [0.25, 0.3) is 0 Å². The first-order chi connectivity index (χ1) is 9.24. The van der Waals surface area contributed by atoms with Crippen molar-refractivity contribution in [2.75, 3.05) is 0 Å². The molecular formula is C17H27NO. The van der Waals surface area contributed by atoms with E-state index in [-0.39, 0.29) is 6.10 Å². The maximum Gasteiger partial charge on any atom is 0.0597 e. The number of nitrogens with two attached hydrogens (primary N) is 1. The summed E-state index contributed by atoms with van der Waals surface area (Å²) < 4.78 is 0. The van der Waals surface area contributed by atoms with E-state index in [4.69, 9.17) is 5.73 Å². The molecule has 3 aliphatic carbocycles. The van der Waals surface area contributed by atoms with E-state index in [1.54, 1.807) is 0 Å². The smallest absolute Gasteiger partial charge is 0.0597 e. The number of aliphatic hydroxyl groups excluding tert-OH is 1. The predicted molar refractivity (Wildman–Crippen MR) is 78.5 cm³/mol. The standard InChI is InChI=1S/C17H27NO/c18-16-7-3-6-14(11-16)17(19)15-9-8-12-4-1-2-5-13(12)10-15/h1-2,4-5,12-17,19H,3,6-11,18H2. The Morgan fingerprint density at radius 3 is 2.42 bits per heavy atom. The van der Waals surface area contributed by atoms with Gasteiger partial charge in [0, 0.05) is 6.04 Å². The normalized spacial score (nSPS) is 43.8. The molecule has 2 nitrogen and oxygen atoms in total. The Hall–Kier alpha value is -0.600. The van der Waals surface area contributed by atoms with Crippen LogP contribution >= 0.6 is 0 Å². The van der Waals surface area contributed by atoms with Gasteiger partial charge in [-0.1, -0.05) is 30.7 Å². The Morgan fingerprint density at radius 1 is 0.895 bits per heavy atom. The molecule has 0 aromatic heterocycles. The van der Waals surface area contributed by atoms with Crippen molar-refractivity contribution in [2.24, 2.45) is 29.4 Å². The number of fused-ring (bicyclic) bond motifs is 1. The first kappa shape index (κ1) is 13.4. The molecule has 0 aliphatic heterocycles. The SMILES string of the molecule is NC1CCCC(C(O)C2CCC3C=CC=CC3C2)C1. The Labute approximate surface area is 116 Å². The van der Waals surface area contributed by atoms with Crippen molar-refractivity contribution in [2.45, 2.75) is 57.1 Å². The van der Waals surface area contributed by atoms with E-state index in [0.717, 1.165) is 18.8 Å². The number of allylic oxidation sites excluding steroid dienone is 4. The van der Waals surface area contributed by atoms with Crippen LogP contribution < -0.4 is 5.73 Å². The molecule has 0 radical (unpaired) electrons. The first-order valence-electron chi connectivity index (χ1n) is 8.02. The van der Waals surface area contributed by atoms with Gasteiger partial charge in [0.1, 0.15) is 0 Å². The number of hydrogen-bond donors (Lipinski definition) is 2. The monoisotopic (exact) mass is 261 g/mol. The molecule has 106 valence electrons. The second kappa shape index (κ2) is 5.80. The third kappa shape index (κ3) is 2.95. The minimum atomic E-state index is -0.119. The summed E-state index contributed by atoms with van der Waals surface area (Å²) in [6.07, 6.45) is 17.1. The van der Waals surface area contributed by atoms with E-state index in [1.165, 1.54) is 32.1 Å². The molecular weight excluding hydrogens is 234 g/mol. The van der Waals surface area contributed by atoms with Gasteiger partial charge in [-0.25, -0.2) is 0 Å². The first-order valence-corrected chi connectivity index (χ1v) is 8.02. The highest BCUT2D eigenvalue weighted by atomic mass is 16.3. The molecule has 0 bridgehead atoms. The minimum absolute atomic E-state index is 0.119. The molecule has 3 rings (SSSR count). The van der Waals surface area contributed by atoms with Gasteiger partial charge < -0.3 is 10.8 Å². The van der Waals surface area contributed by atoms with Crippen LogP contribution in [0.15, 0.2) is 24.3 Å². The van der Waals surface area contributed by atoms with Crippen molar-refractivity contribution in [1.82, 2.24) is 0 Å². The summed E-state index contributed by atoms with van der Waals surface area (Å²) in [6, 6.07) is 0.322. The summed E-state index contributed by atoms with van der Waals surface area (Å²) >= 11 is 0. The van der Waals surface area contributed by atoms with Gasteiger partial charge in [0.2, 0.25) is 0 Å². The van der Waals surface area contributed by atoms with Crippen LogP contribution in [0.2, 0.25) is 0 Å². The number of rotatable bonds is 2. The van der Waals surface area contributed by atoms with Crippen LogP contribution in [0.4, 0.5) is 0 Å².